The van der Waals surface area contributed by atoms with Gasteiger partial charge in [0.1, 0.15) is 11.6 Å². The Morgan fingerprint density at radius 1 is 1.17 bits per heavy atom. The average Bonchev–Trinajstić information content (AvgIpc) is 2.83. The van der Waals surface area contributed by atoms with Gasteiger partial charge in [0.2, 0.25) is 0 Å². The predicted octanol–water partition coefficient (Wildman–Crippen LogP) is 3.77. The van der Waals surface area contributed by atoms with E-state index in [-0.39, 0.29) is 10.1 Å². The third-order valence-electron chi connectivity index (χ3n) is 3.18. The lowest BCUT2D eigenvalue weighted by atomic mass is 10.2. The lowest BCUT2D eigenvalue weighted by Crippen LogP contribution is -2.22. The van der Waals surface area contributed by atoms with Crippen LogP contribution in [0, 0.1) is 5.82 Å². The molecule has 0 radical (unpaired) electrons. The van der Waals surface area contributed by atoms with E-state index in [4.69, 9.17) is 12.2 Å². The smallest absolute Gasteiger partial charge is 0.286 e. The number of carbonyl (C=O) groups excluding carboxylic acids is 1. The molecule has 1 amide bonds. The van der Waals surface area contributed by atoms with Crippen LogP contribution < -0.4 is 0 Å². The van der Waals surface area contributed by atoms with Gasteiger partial charge < -0.3 is 5.11 Å². The van der Waals surface area contributed by atoms with Crippen LogP contribution in [-0.2, 0) is 4.79 Å². The Hall–Kier alpha value is -2.51. The molecule has 1 N–H and O–H groups in total. The zero-order valence-corrected chi connectivity index (χ0v) is 13.9. The molecule has 0 saturated carbocycles. The van der Waals surface area contributed by atoms with E-state index in [1.807, 2.05) is 0 Å². The van der Waals surface area contributed by atoms with E-state index in [0.717, 1.165) is 16.8 Å². The van der Waals surface area contributed by atoms with Gasteiger partial charge in [-0.05, 0) is 54.2 Å². The number of thiocarbonyl (C=S) groups is 1. The number of hydrogen-bond donors (Lipinski definition) is 1. The van der Waals surface area contributed by atoms with Crippen molar-refractivity contribution >= 4 is 46.5 Å². The number of carbonyl (C=O) groups is 1. The van der Waals surface area contributed by atoms with E-state index < -0.39 is 11.7 Å². The molecule has 1 aliphatic rings. The molecule has 0 bridgehead atoms. The second-order valence-corrected chi connectivity index (χ2v) is 6.53. The van der Waals surface area contributed by atoms with Crippen molar-refractivity contribution in [3.8, 4) is 5.75 Å². The van der Waals surface area contributed by atoms with Gasteiger partial charge in [0.05, 0.1) is 11.1 Å². The first kappa shape index (κ1) is 16.4. The van der Waals surface area contributed by atoms with Gasteiger partial charge in [0.25, 0.3) is 5.91 Å². The largest absolute Gasteiger partial charge is 0.508 e. The molecular formula is C17H11FN2O2S2. The van der Waals surface area contributed by atoms with Gasteiger partial charge in [-0.25, -0.2) is 4.39 Å². The SMILES string of the molecule is O=C1/C(=C\c2ccccc2F)SC(=S)N1/N=C/c1ccc(O)cc1. The van der Waals surface area contributed by atoms with Gasteiger partial charge in [-0.15, -0.1) is 0 Å². The Bertz CT molecular complexity index is 863. The Labute approximate surface area is 147 Å². The van der Waals surface area contributed by atoms with Crippen LogP contribution >= 0.6 is 24.0 Å². The van der Waals surface area contributed by atoms with Crippen LogP contribution in [0.4, 0.5) is 4.39 Å². The lowest BCUT2D eigenvalue weighted by molar-refractivity contribution is -0.122. The molecule has 7 heteroatoms. The molecule has 24 heavy (non-hydrogen) atoms. The molecule has 1 saturated heterocycles. The summed E-state index contributed by atoms with van der Waals surface area (Å²) in [5.41, 5.74) is 1.03. The van der Waals surface area contributed by atoms with E-state index in [2.05, 4.69) is 5.10 Å². The minimum Gasteiger partial charge on any atom is -0.508 e. The maximum Gasteiger partial charge on any atom is 0.286 e. The zero-order chi connectivity index (χ0) is 17.1. The highest BCUT2D eigenvalue weighted by atomic mass is 32.2. The molecule has 1 fully saturated rings. The van der Waals surface area contributed by atoms with Crippen molar-refractivity contribution in [2.24, 2.45) is 5.10 Å². The fraction of sp³-hybridized carbons (Fsp3) is 0. The number of hydrogen-bond acceptors (Lipinski definition) is 5. The zero-order valence-electron chi connectivity index (χ0n) is 12.2. The number of phenols is 1. The Kier molecular flexibility index (Phi) is 4.73. The molecule has 0 aliphatic carbocycles. The molecule has 0 aromatic heterocycles. The molecule has 0 atom stereocenters. The predicted molar refractivity (Wildman–Crippen MR) is 97.1 cm³/mol. The summed E-state index contributed by atoms with van der Waals surface area (Å²) in [6.07, 6.45) is 2.93. The van der Waals surface area contributed by atoms with Crippen LogP contribution in [0.25, 0.3) is 6.08 Å². The van der Waals surface area contributed by atoms with Gasteiger partial charge in [-0.1, -0.05) is 30.0 Å². The number of halogens is 1. The molecule has 3 rings (SSSR count). The van der Waals surface area contributed by atoms with E-state index in [9.17, 15) is 14.3 Å². The number of thioether (sulfide) groups is 1. The van der Waals surface area contributed by atoms with Crippen molar-refractivity contribution in [3.05, 3.63) is 70.4 Å². The molecule has 0 unspecified atom stereocenters. The first-order valence-electron chi connectivity index (χ1n) is 6.90. The minimum absolute atomic E-state index is 0.144. The van der Waals surface area contributed by atoms with Crippen molar-refractivity contribution in [1.82, 2.24) is 5.01 Å². The van der Waals surface area contributed by atoms with Crippen molar-refractivity contribution in [2.75, 3.05) is 0 Å². The third-order valence-corrected chi connectivity index (χ3v) is 4.46. The fourth-order valence-corrected chi connectivity index (χ4v) is 3.14. The molecule has 2 aromatic carbocycles. The number of amides is 1. The number of hydrazone groups is 1. The molecule has 4 nitrogen and oxygen atoms in total. The van der Waals surface area contributed by atoms with Crippen molar-refractivity contribution in [2.45, 2.75) is 0 Å². The summed E-state index contributed by atoms with van der Waals surface area (Å²) < 4.78 is 14.0. The Balaban J connectivity index is 1.82. The second-order valence-electron chi connectivity index (χ2n) is 4.85. The summed E-state index contributed by atoms with van der Waals surface area (Å²) in [5, 5.41) is 14.4. The van der Waals surface area contributed by atoms with E-state index in [0.29, 0.717) is 16.0 Å². The van der Waals surface area contributed by atoms with Crippen molar-refractivity contribution < 1.29 is 14.3 Å². The first-order chi connectivity index (χ1) is 11.5. The number of benzene rings is 2. The highest BCUT2D eigenvalue weighted by molar-refractivity contribution is 8.26. The summed E-state index contributed by atoms with van der Waals surface area (Å²) in [6.45, 7) is 0. The third kappa shape index (κ3) is 3.52. The molecule has 1 heterocycles. The van der Waals surface area contributed by atoms with Crippen molar-refractivity contribution in [3.63, 3.8) is 0 Å². The minimum atomic E-state index is -0.407. The molecular weight excluding hydrogens is 347 g/mol. The highest BCUT2D eigenvalue weighted by Crippen LogP contribution is 2.33. The van der Waals surface area contributed by atoms with Gasteiger partial charge >= 0.3 is 0 Å². The van der Waals surface area contributed by atoms with Crippen LogP contribution in [0.2, 0.25) is 0 Å². The Morgan fingerprint density at radius 3 is 2.58 bits per heavy atom. The fourth-order valence-electron chi connectivity index (χ4n) is 1.98. The lowest BCUT2D eigenvalue weighted by Gasteiger charge is -2.06. The monoisotopic (exact) mass is 358 g/mol. The topological polar surface area (TPSA) is 52.9 Å². The average molecular weight is 358 g/mol. The van der Waals surface area contributed by atoms with E-state index in [1.165, 1.54) is 30.5 Å². The number of nitrogens with zero attached hydrogens (tertiary/aromatic N) is 2. The summed E-state index contributed by atoms with van der Waals surface area (Å²) in [6, 6.07) is 12.5. The second kappa shape index (κ2) is 6.94. The highest BCUT2D eigenvalue weighted by Gasteiger charge is 2.32. The van der Waals surface area contributed by atoms with Gasteiger partial charge in [-0.2, -0.15) is 10.1 Å². The van der Waals surface area contributed by atoms with Gasteiger partial charge in [-0.3, -0.25) is 4.79 Å². The van der Waals surface area contributed by atoms with Crippen LogP contribution in [0.1, 0.15) is 11.1 Å². The Morgan fingerprint density at radius 2 is 1.88 bits per heavy atom. The van der Waals surface area contributed by atoms with Gasteiger partial charge in [0, 0.05) is 5.56 Å². The summed E-state index contributed by atoms with van der Waals surface area (Å²) in [4.78, 5) is 12.7. The standard InChI is InChI=1S/C17H11FN2O2S2/c18-14-4-2-1-3-12(14)9-15-16(22)20(17(23)24-15)19-10-11-5-7-13(21)8-6-11/h1-10,21H/b15-9+,19-10+. The number of rotatable bonds is 3. The molecule has 0 spiro atoms. The quantitative estimate of drug-likeness (QED) is 0.516. The molecule has 2 aromatic rings. The van der Waals surface area contributed by atoms with Gasteiger partial charge in [0.15, 0.2) is 4.32 Å². The van der Waals surface area contributed by atoms with Crippen LogP contribution in [0.3, 0.4) is 0 Å². The van der Waals surface area contributed by atoms with Crippen LogP contribution in [0.5, 0.6) is 5.75 Å². The maximum absolute atomic E-state index is 13.7. The summed E-state index contributed by atoms with van der Waals surface area (Å²) in [7, 11) is 0. The van der Waals surface area contributed by atoms with E-state index in [1.54, 1.807) is 30.3 Å². The van der Waals surface area contributed by atoms with Crippen molar-refractivity contribution in [1.29, 1.82) is 0 Å². The molecule has 1 aliphatic heterocycles. The van der Waals surface area contributed by atoms with E-state index >= 15 is 0 Å². The van der Waals surface area contributed by atoms with Crippen LogP contribution in [0.15, 0.2) is 58.5 Å². The maximum atomic E-state index is 13.7. The van der Waals surface area contributed by atoms with Crippen LogP contribution in [-0.4, -0.2) is 26.6 Å². The number of phenolic OH excluding ortho intramolecular Hbond substituents is 1. The summed E-state index contributed by atoms with van der Waals surface area (Å²) >= 11 is 6.23. The summed E-state index contributed by atoms with van der Waals surface area (Å²) in [5.74, 6) is -0.663. The number of aromatic hydroxyl groups is 1. The normalized spacial score (nSPS) is 16.5. The molecule has 120 valence electrons. The first-order valence-corrected chi connectivity index (χ1v) is 8.12.